The summed E-state index contributed by atoms with van der Waals surface area (Å²) in [5.41, 5.74) is -0.877. The van der Waals surface area contributed by atoms with Crippen LogP contribution < -0.4 is 5.32 Å². The topological polar surface area (TPSA) is 69.6 Å². The fourth-order valence-electron chi connectivity index (χ4n) is 1.03. The predicted octanol–water partition coefficient (Wildman–Crippen LogP) is 0.202. The Balaban J connectivity index is 4.14. The SMILES string of the molecule is C=CCCC(=O)NC(CC)(CO)CO. The molecular formula is C10H19NO3. The zero-order valence-electron chi connectivity index (χ0n) is 8.62. The van der Waals surface area contributed by atoms with Crippen molar-refractivity contribution in [2.24, 2.45) is 0 Å². The van der Waals surface area contributed by atoms with Gasteiger partial charge in [0, 0.05) is 6.42 Å². The molecule has 4 nitrogen and oxygen atoms in total. The van der Waals surface area contributed by atoms with Crippen molar-refractivity contribution in [3.63, 3.8) is 0 Å². The summed E-state index contributed by atoms with van der Waals surface area (Å²) in [5.74, 6) is -0.171. The number of hydrogen-bond acceptors (Lipinski definition) is 3. The summed E-state index contributed by atoms with van der Waals surface area (Å²) in [6.45, 7) is 4.82. The van der Waals surface area contributed by atoms with Crippen LogP contribution in [0, 0.1) is 0 Å². The van der Waals surface area contributed by atoms with Gasteiger partial charge in [-0.15, -0.1) is 6.58 Å². The maximum Gasteiger partial charge on any atom is 0.220 e. The van der Waals surface area contributed by atoms with Crippen LogP contribution in [0.1, 0.15) is 26.2 Å². The van der Waals surface area contributed by atoms with E-state index >= 15 is 0 Å². The fraction of sp³-hybridized carbons (Fsp3) is 0.700. The van der Waals surface area contributed by atoms with E-state index in [1.165, 1.54) is 0 Å². The van der Waals surface area contributed by atoms with Gasteiger partial charge in [-0.2, -0.15) is 0 Å². The molecular weight excluding hydrogens is 182 g/mol. The third-order valence-electron chi connectivity index (χ3n) is 2.26. The number of nitrogens with one attached hydrogen (secondary N) is 1. The number of amides is 1. The van der Waals surface area contributed by atoms with Crippen molar-refractivity contribution >= 4 is 5.91 Å². The maximum absolute atomic E-state index is 11.3. The van der Waals surface area contributed by atoms with Gasteiger partial charge >= 0.3 is 0 Å². The third-order valence-corrected chi connectivity index (χ3v) is 2.26. The van der Waals surface area contributed by atoms with Crippen molar-refractivity contribution in [3.8, 4) is 0 Å². The molecule has 0 aromatic carbocycles. The molecule has 0 aromatic rings. The van der Waals surface area contributed by atoms with Crippen molar-refractivity contribution in [3.05, 3.63) is 12.7 Å². The van der Waals surface area contributed by atoms with Crippen LogP contribution in [0.3, 0.4) is 0 Å². The first-order chi connectivity index (χ1) is 6.64. The average Bonchev–Trinajstić information content (AvgIpc) is 2.23. The molecule has 14 heavy (non-hydrogen) atoms. The van der Waals surface area contributed by atoms with E-state index < -0.39 is 5.54 Å². The van der Waals surface area contributed by atoms with Crippen molar-refractivity contribution < 1.29 is 15.0 Å². The fourth-order valence-corrected chi connectivity index (χ4v) is 1.03. The summed E-state index contributed by atoms with van der Waals surface area (Å²) in [7, 11) is 0. The van der Waals surface area contributed by atoms with Crippen LogP contribution in [0.25, 0.3) is 0 Å². The Morgan fingerprint density at radius 3 is 2.43 bits per heavy atom. The first kappa shape index (κ1) is 13.1. The van der Waals surface area contributed by atoms with E-state index in [2.05, 4.69) is 11.9 Å². The normalized spacial score (nSPS) is 11.1. The lowest BCUT2D eigenvalue weighted by atomic mass is 9.98. The molecule has 0 unspecified atom stereocenters. The average molecular weight is 201 g/mol. The second-order valence-corrected chi connectivity index (χ2v) is 3.33. The monoisotopic (exact) mass is 201 g/mol. The van der Waals surface area contributed by atoms with Crippen LogP contribution in [-0.2, 0) is 4.79 Å². The van der Waals surface area contributed by atoms with Crippen LogP contribution in [0.5, 0.6) is 0 Å². The van der Waals surface area contributed by atoms with Gasteiger partial charge in [0.25, 0.3) is 0 Å². The van der Waals surface area contributed by atoms with Crippen molar-refractivity contribution in [1.29, 1.82) is 0 Å². The number of allylic oxidation sites excluding steroid dienone is 1. The van der Waals surface area contributed by atoms with Gasteiger partial charge in [-0.1, -0.05) is 13.0 Å². The minimum absolute atomic E-state index is 0.171. The Morgan fingerprint density at radius 2 is 2.07 bits per heavy atom. The highest BCUT2D eigenvalue weighted by atomic mass is 16.3. The molecule has 0 rings (SSSR count). The number of hydrogen-bond donors (Lipinski definition) is 3. The molecule has 0 bridgehead atoms. The van der Waals surface area contributed by atoms with Gasteiger partial charge in [0.15, 0.2) is 0 Å². The molecule has 82 valence electrons. The molecule has 0 saturated heterocycles. The summed E-state index contributed by atoms with van der Waals surface area (Å²) in [6, 6.07) is 0. The second kappa shape index (κ2) is 6.56. The number of carbonyl (C=O) groups is 1. The molecule has 1 amide bonds. The largest absolute Gasteiger partial charge is 0.394 e. The molecule has 0 aliphatic carbocycles. The second-order valence-electron chi connectivity index (χ2n) is 3.33. The van der Waals surface area contributed by atoms with Crippen LogP contribution in [0.4, 0.5) is 0 Å². The number of aliphatic hydroxyl groups is 2. The zero-order chi connectivity index (χ0) is 11.0. The maximum atomic E-state index is 11.3. The minimum Gasteiger partial charge on any atom is -0.394 e. The lowest BCUT2D eigenvalue weighted by Gasteiger charge is -2.29. The highest BCUT2D eigenvalue weighted by molar-refractivity contribution is 5.76. The smallest absolute Gasteiger partial charge is 0.220 e. The third kappa shape index (κ3) is 3.89. The van der Waals surface area contributed by atoms with E-state index in [1.54, 1.807) is 13.0 Å². The van der Waals surface area contributed by atoms with Crippen LogP contribution in [0.2, 0.25) is 0 Å². The quantitative estimate of drug-likeness (QED) is 0.515. The first-order valence-electron chi connectivity index (χ1n) is 4.77. The number of rotatable bonds is 7. The molecule has 0 atom stereocenters. The number of aliphatic hydroxyl groups excluding tert-OH is 2. The van der Waals surface area contributed by atoms with Crippen LogP contribution in [0.15, 0.2) is 12.7 Å². The lowest BCUT2D eigenvalue weighted by Crippen LogP contribution is -2.53. The molecule has 3 N–H and O–H groups in total. The molecule has 0 aliphatic heterocycles. The van der Waals surface area contributed by atoms with Gasteiger partial charge < -0.3 is 15.5 Å². The van der Waals surface area contributed by atoms with Gasteiger partial charge in [-0.25, -0.2) is 0 Å². The van der Waals surface area contributed by atoms with Gasteiger partial charge in [0.1, 0.15) is 0 Å². The van der Waals surface area contributed by atoms with E-state index in [1.807, 2.05) is 0 Å². The zero-order valence-corrected chi connectivity index (χ0v) is 8.62. The van der Waals surface area contributed by atoms with Gasteiger partial charge in [-0.3, -0.25) is 4.79 Å². The molecule has 0 spiro atoms. The van der Waals surface area contributed by atoms with E-state index in [-0.39, 0.29) is 19.1 Å². The first-order valence-corrected chi connectivity index (χ1v) is 4.77. The molecule has 0 aromatic heterocycles. The molecule has 0 fully saturated rings. The molecule has 0 heterocycles. The summed E-state index contributed by atoms with van der Waals surface area (Å²) in [4.78, 5) is 11.3. The highest BCUT2D eigenvalue weighted by Gasteiger charge is 2.27. The van der Waals surface area contributed by atoms with Crippen LogP contribution >= 0.6 is 0 Å². The minimum atomic E-state index is -0.877. The van der Waals surface area contributed by atoms with E-state index in [9.17, 15) is 4.79 Å². The summed E-state index contributed by atoms with van der Waals surface area (Å²) < 4.78 is 0. The Kier molecular flexibility index (Phi) is 6.16. The van der Waals surface area contributed by atoms with Crippen molar-refractivity contribution in [1.82, 2.24) is 5.32 Å². The highest BCUT2D eigenvalue weighted by Crippen LogP contribution is 2.08. The Hall–Kier alpha value is -0.870. The Bertz CT molecular complexity index is 180. The summed E-state index contributed by atoms with van der Waals surface area (Å²) >= 11 is 0. The molecule has 0 saturated carbocycles. The Labute approximate surface area is 84.6 Å². The predicted molar refractivity (Wildman–Crippen MR) is 54.8 cm³/mol. The van der Waals surface area contributed by atoms with Crippen molar-refractivity contribution in [2.75, 3.05) is 13.2 Å². The van der Waals surface area contributed by atoms with E-state index in [0.29, 0.717) is 19.3 Å². The van der Waals surface area contributed by atoms with Gasteiger partial charge in [0.2, 0.25) is 5.91 Å². The molecule has 0 aliphatic rings. The van der Waals surface area contributed by atoms with Gasteiger partial charge in [-0.05, 0) is 12.8 Å². The van der Waals surface area contributed by atoms with E-state index in [4.69, 9.17) is 10.2 Å². The number of carbonyl (C=O) groups excluding carboxylic acids is 1. The van der Waals surface area contributed by atoms with Gasteiger partial charge in [0.05, 0.1) is 18.8 Å². The summed E-state index contributed by atoms with van der Waals surface area (Å²) in [5, 5.41) is 20.7. The molecule has 4 heteroatoms. The standard InChI is InChI=1S/C10H19NO3/c1-3-5-6-9(14)11-10(4-2,7-12)8-13/h3,12-13H,1,4-8H2,2H3,(H,11,14). The Morgan fingerprint density at radius 1 is 1.50 bits per heavy atom. The van der Waals surface area contributed by atoms with E-state index in [0.717, 1.165) is 0 Å². The van der Waals surface area contributed by atoms with Crippen LogP contribution in [-0.4, -0.2) is 34.9 Å². The lowest BCUT2D eigenvalue weighted by molar-refractivity contribution is -0.124. The summed E-state index contributed by atoms with van der Waals surface area (Å²) in [6.07, 6.45) is 3.10. The van der Waals surface area contributed by atoms with Crippen molar-refractivity contribution in [2.45, 2.75) is 31.7 Å². The molecule has 0 radical (unpaired) electrons.